The first kappa shape index (κ1) is 11.9. The average Bonchev–Trinajstić information content (AvgIpc) is 2.20. The van der Waals surface area contributed by atoms with Gasteiger partial charge in [-0.2, -0.15) is 0 Å². The van der Waals surface area contributed by atoms with Crippen molar-refractivity contribution < 1.29 is 9.53 Å². The molecule has 80 valence electrons. The van der Waals surface area contributed by atoms with Crippen LogP contribution in [0.2, 0.25) is 10.0 Å². The minimum atomic E-state index is -0.467. The second-order valence-corrected chi connectivity index (χ2v) is 3.59. The standard InChI is InChI=1S/C10H9Cl2NO2/c1-15-9(14)3-2-6-4-7(11)5-8(12)10(6)13/h2-5H,13H2,1H3. The van der Waals surface area contributed by atoms with Gasteiger partial charge in [-0.3, -0.25) is 0 Å². The van der Waals surface area contributed by atoms with E-state index < -0.39 is 5.97 Å². The van der Waals surface area contributed by atoms with Crippen molar-refractivity contribution in [1.29, 1.82) is 0 Å². The number of hydrogen-bond donors (Lipinski definition) is 1. The summed E-state index contributed by atoms with van der Waals surface area (Å²) in [5, 5.41) is 0.811. The predicted molar refractivity (Wildman–Crippen MR) is 61.9 cm³/mol. The SMILES string of the molecule is COC(=O)C=Cc1cc(Cl)cc(Cl)c1N. The Bertz CT molecular complexity index is 416. The monoisotopic (exact) mass is 245 g/mol. The van der Waals surface area contributed by atoms with Crippen molar-refractivity contribution in [3.05, 3.63) is 33.8 Å². The molecule has 0 aliphatic carbocycles. The molecule has 0 amide bonds. The molecule has 0 saturated carbocycles. The maximum absolute atomic E-state index is 10.9. The normalized spacial score (nSPS) is 10.6. The second kappa shape index (κ2) is 5.05. The summed E-state index contributed by atoms with van der Waals surface area (Å²) in [6, 6.07) is 3.15. The molecule has 0 radical (unpaired) electrons. The molecule has 0 aliphatic rings. The first-order chi connectivity index (χ1) is 7.04. The third kappa shape index (κ3) is 3.15. The Kier molecular flexibility index (Phi) is 4.00. The van der Waals surface area contributed by atoms with E-state index >= 15 is 0 Å². The van der Waals surface area contributed by atoms with Crippen LogP contribution in [-0.4, -0.2) is 13.1 Å². The van der Waals surface area contributed by atoms with Gasteiger partial charge in [-0.05, 0) is 18.2 Å². The van der Waals surface area contributed by atoms with E-state index in [-0.39, 0.29) is 0 Å². The highest BCUT2D eigenvalue weighted by Crippen LogP contribution is 2.28. The van der Waals surface area contributed by atoms with Gasteiger partial charge in [-0.15, -0.1) is 0 Å². The number of anilines is 1. The van der Waals surface area contributed by atoms with Crippen LogP contribution < -0.4 is 5.73 Å². The van der Waals surface area contributed by atoms with Gasteiger partial charge >= 0.3 is 5.97 Å². The van der Waals surface area contributed by atoms with Gasteiger partial charge in [0.2, 0.25) is 0 Å². The van der Waals surface area contributed by atoms with E-state index in [1.54, 1.807) is 6.07 Å². The number of halogens is 2. The molecule has 0 spiro atoms. The first-order valence-electron chi connectivity index (χ1n) is 4.05. The molecule has 0 bridgehead atoms. The lowest BCUT2D eigenvalue weighted by atomic mass is 10.1. The number of benzene rings is 1. The number of carbonyl (C=O) groups is 1. The summed E-state index contributed by atoms with van der Waals surface area (Å²) in [5.41, 5.74) is 6.64. The third-order valence-electron chi connectivity index (χ3n) is 1.73. The maximum atomic E-state index is 10.9. The highest BCUT2D eigenvalue weighted by molar-refractivity contribution is 6.36. The van der Waals surface area contributed by atoms with E-state index in [1.807, 2.05) is 0 Å². The van der Waals surface area contributed by atoms with E-state index in [9.17, 15) is 4.79 Å². The number of esters is 1. The Morgan fingerprint density at radius 1 is 1.47 bits per heavy atom. The van der Waals surface area contributed by atoms with Crippen LogP contribution in [0.1, 0.15) is 5.56 Å². The van der Waals surface area contributed by atoms with E-state index in [0.717, 1.165) is 0 Å². The number of hydrogen-bond acceptors (Lipinski definition) is 3. The number of nitrogens with two attached hydrogens (primary N) is 1. The largest absolute Gasteiger partial charge is 0.466 e. The lowest BCUT2D eigenvalue weighted by Gasteiger charge is -2.03. The van der Waals surface area contributed by atoms with Gasteiger partial charge in [0.1, 0.15) is 0 Å². The fourth-order valence-corrected chi connectivity index (χ4v) is 1.48. The Balaban J connectivity index is 3.04. The number of methoxy groups -OCH3 is 1. The molecule has 0 atom stereocenters. The number of nitrogen functional groups attached to an aromatic ring is 1. The number of ether oxygens (including phenoxy) is 1. The third-order valence-corrected chi connectivity index (χ3v) is 2.26. The van der Waals surface area contributed by atoms with Gasteiger partial charge < -0.3 is 10.5 Å². The zero-order chi connectivity index (χ0) is 11.4. The van der Waals surface area contributed by atoms with Crippen LogP contribution in [0.5, 0.6) is 0 Å². The summed E-state index contributed by atoms with van der Waals surface area (Å²) < 4.78 is 4.44. The van der Waals surface area contributed by atoms with Gasteiger partial charge in [-0.25, -0.2) is 4.79 Å². The summed E-state index contributed by atoms with van der Waals surface area (Å²) in [5.74, 6) is -0.467. The van der Waals surface area contributed by atoms with Crippen molar-refractivity contribution in [1.82, 2.24) is 0 Å². The summed E-state index contributed by atoms with van der Waals surface area (Å²) in [4.78, 5) is 10.9. The highest BCUT2D eigenvalue weighted by Gasteiger charge is 2.03. The predicted octanol–water partition coefficient (Wildman–Crippen LogP) is 2.76. The Morgan fingerprint density at radius 3 is 2.73 bits per heavy atom. The van der Waals surface area contributed by atoms with Crippen molar-refractivity contribution in [2.45, 2.75) is 0 Å². The molecule has 15 heavy (non-hydrogen) atoms. The lowest BCUT2D eigenvalue weighted by Crippen LogP contribution is -1.95. The smallest absolute Gasteiger partial charge is 0.330 e. The molecular weight excluding hydrogens is 237 g/mol. The molecular formula is C10H9Cl2NO2. The first-order valence-corrected chi connectivity index (χ1v) is 4.80. The molecule has 0 saturated heterocycles. The van der Waals surface area contributed by atoms with Crippen molar-refractivity contribution >= 4 is 40.9 Å². The minimum Gasteiger partial charge on any atom is -0.466 e. The second-order valence-electron chi connectivity index (χ2n) is 2.75. The molecule has 1 aromatic rings. The van der Waals surface area contributed by atoms with Crippen molar-refractivity contribution in [2.24, 2.45) is 0 Å². The topological polar surface area (TPSA) is 52.3 Å². The lowest BCUT2D eigenvalue weighted by molar-refractivity contribution is -0.134. The molecule has 3 nitrogen and oxygen atoms in total. The van der Waals surface area contributed by atoms with Gasteiger partial charge in [0.25, 0.3) is 0 Å². The molecule has 5 heteroatoms. The van der Waals surface area contributed by atoms with Gasteiger partial charge in [0.05, 0.1) is 17.8 Å². The molecule has 0 aromatic heterocycles. The number of rotatable bonds is 2. The fraction of sp³-hybridized carbons (Fsp3) is 0.100. The Morgan fingerprint density at radius 2 is 2.13 bits per heavy atom. The Hall–Kier alpha value is -1.19. The van der Waals surface area contributed by atoms with Crippen LogP contribution in [0.3, 0.4) is 0 Å². The van der Waals surface area contributed by atoms with E-state index in [2.05, 4.69) is 4.74 Å². The Labute approximate surface area is 97.4 Å². The van der Waals surface area contributed by atoms with E-state index in [0.29, 0.717) is 21.3 Å². The molecule has 0 aliphatic heterocycles. The minimum absolute atomic E-state index is 0.354. The molecule has 1 rings (SSSR count). The van der Waals surface area contributed by atoms with Crippen LogP contribution in [0.4, 0.5) is 5.69 Å². The van der Waals surface area contributed by atoms with Gasteiger partial charge in [0, 0.05) is 16.7 Å². The van der Waals surface area contributed by atoms with Crippen molar-refractivity contribution in [3.63, 3.8) is 0 Å². The van der Waals surface area contributed by atoms with Crippen LogP contribution >= 0.6 is 23.2 Å². The van der Waals surface area contributed by atoms with Crippen molar-refractivity contribution in [3.8, 4) is 0 Å². The fourth-order valence-electron chi connectivity index (χ4n) is 0.968. The molecule has 1 aromatic carbocycles. The van der Waals surface area contributed by atoms with E-state index in [4.69, 9.17) is 28.9 Å². The highest BCUT2D eigenvalue weighted by atomic mass is 35.5. The van der Waals surface area contributed by atoms with Gasteiger partial charge in [0.15, 0.2) is 0 Å². The molecule has 0 fully saturated rings. The van der Waals surface area contributed by atoms with Crippen LogP contribution in [0, 0.1) is 0 Å². The molecule has 2 N–H and O–H groups in total. The van der Waals surface area contributed by atoms with Crippen molar-refractivity contribution in [2.75, 3.05) is 12.8 Å². The molecule has 0 unspecified atom stereocenters. The average molecular weight is 246 g/mol. The van der Waals surface area contributed by atoms with Crippen LogP contribution in [0.15, 0.2) is 18.2 Å². The zero-order valence-electron chi connectivity index (χ0n) is 7.96. The van der Waals surface area contributed by atoms with Crippen LogP contribution in [0.25, 0.3) is 6.08 Å². The van der Waals surface area contributed by atoms with E-state index in [1.165, 1.54) is 25.3 Å². The zero-order valence-corrected chi connectivity index (χ0v) is 9.47. The number of carbonyl (C=O) groups excluding carboxylic acids is 1. The quantitative estimate of drug-likeness (QED) is 0.496. The summed E-state index contributed by atoms with van der Waals surface area (Å²) in [6.45, 7) is 0. The summed E-state index contributed by atoms with van der Waals surface area (Å²) in [6.07, 6.45) is 2.75. The maximum Gasteiger partial charge on any atom is 0.330 e. The summed E-state index contributed by atoms with van der Waals surface area (Å²) in [7, 11) is 1.29. The van der Waals surface area contributed by atoms with Crippen LogP contribution in [-0.2, 0) is 9.53 Å². The van der Waals surface area contributed by atoms with Gasteiger partial charge in [-0.1, -0.05) is 23.2 Å². The summed E-state index contributed by atoms with van der Waals surface area (Å²) >= 11 is 11.6. The molecule has 0 heterocycles.